The number of hydrogen-bond acceptors (Lipinski definition) is 3. The Morgan fingerprint density at radius 1 is 0.938 bits per heavy atom. The Bertz CT molecular complexity index is 1030. The van der Waals surface area contributed by atoms with Crippen molar-refractivity contribution in [2.45, 2.75) is 37.1 Å². The number of benzene rings is 3. The number of phenolic OH excluding ortho intramolecular Hbond substituents is 1. The van der Waals surface area contributed by atoms with Crippen molar-refractivity contribution >= 4 is 5.69 Å². The maximum atomic E-state index is 12.3. The Hall–Kier alpha value is -2.85. The highest BCUT2D eigenvalue weighted by Crippen LogP contribution is 2.47. The summed E-state index contributed by atoms with van der Waals surface area (Å²) in [4.78, 5) is 2.30. The Kier molecular flexibility index (Phi) is 6.13. The number of hydrogen-bond donors (Lipinski definition) is 2. The van der Waals surface area contributed by atoms with E-state index in [2.05, 4.69) is 70.9 Å². The van der Waals surface area contributed by atoms with E-state index in [0.717, 1.165) is 38.2 Å². The third kappa shape index (κ3) is 4.37. The predicted octanol–water partition coefficient (Wildman–Crippen LogP) is 5.71. The standard InChI is InChI=1S/C28H31FN2O/c29-15-4-16-31-18-24(19-31)30-23-10-7-21(8-11-23)28-26(20-5-2-1-3-6-20)13-9-22-17-25(32)12-14-27(22)28/h1-3,5-8,10-12,14,17,24,26,28,30,32H,4,9,13,15-16,18-19H2/t26-,28+/m0/s1. The van der Waals surface area contributed by atoms with Gasteiger partial charge in [-0.1, -0.05) is 48.5 Å². The summed E-state index contributed by atoms with van der Waals surface area (Å²) >= 11 is 0. The second kappa shape index (κ2) is 9.33. The quantitative estimate of drug-likeness (QED) is 0.504. The van der Waals surface area contributed by atoms with Crippen molar-refractivity contribution in [2.75, 3.05) is 31.6 Å². The molecule has 1 aliphatic heterocycles. The molecule has 1 saturated heterocycles. The van der Waals surface area contributed by atoms with Crippen molar-refractivity contribution in [1.29, 1.82) is 0 Å². The predicted molar refractivity (Wildman–Crippen MR) is 128 cm³/mol. The lowest BCUT2D eigenvalue weighted by Crippen LogP contribution is -2.54. The van der Waals surface area contributed by atoms with Gasteiger partial charge >= 0.3 is 0 Å². The molecule has 3 aromatic rings. The monoisotopic (exact) mass is 430 g/mol. The van der Waals surface area contributed by atoms with Crippen LogP contribution in [0.25, 0.3) is 0 Å². The molecule has 0 amide bonds. The highest BCUT2D eigenvalue weighted by Gasteiger charge is 2.32. The van der Waals surface area contributed by atoms with Crippen LogP contribution in [0.15, 0.2) is 72.8 Å². The van der Waals surface area contributed by atoms with Gasteiger partial charge in [-0.2, -0.15) is 0 Å². The SMILES string of the molecule is Oc1ccc2c(c1)CC[C@@H](c1ccccc1)[C@H]2c1ccc(NC2CN(CCCF)C2)cc1. The van der Waals surface area contributed by atoms with Crippen LogP contribution < -0.4 is 5.32 Å². The molecule has 0 saturated carbocycles. The van der Waals surface area contributed by atoms with Gasteiger partial charge < -0.3 is 10.4 Å². The maximum absolute atomic E-state index is 12.3. The first kappa shape index (κ1) is 21.0. The Morgan fingerprint density at radius 2 is 1.72 bits per heavy atom. The van der Waals surface area contributed by atoms with Crippen molar-refractivity contribution in [3.05, 3.63) is 95.1 Å². The lowest BCUT2D eigenvalue weighted by Gasteiger charge is -2.40. The molecule has 3 aromatic carbocycles. The molecule has 1 fully saturated rings. The molecule has 0 spiro atoms. The molecule has 3 nitrogen and oxygen atoms in total. The van der Waals surface area contributed by atoms with Crippen LogP contribution in [0.2, 0.25) is 0 Å². The number of aromatic hydroxyl groups is 1. The molecule has 32 heavy (non-hydrogen) atoms. The number of rotatable bonds is 7. The zero-order valence-corrected chi connectivity index (χ0v) is 18.4. The summed E-state index contributed by atoms with van der Waals surface area (Å²) in [5.41, 5.74) is 6.41. The molecular formula is C28H31FN2O. The van der Waals surface area contributed by atoms with Gasteiger partial charge in [-0.3, -0.25) is 9.29 Å². The van der Waals surface area contributed by atoms with Gasteiger partial charge in [0.1, 0.15) is 5.75 Å². The molecule has 166 valence electrons. The summed E-state index contributed by atoms with van der Waals surface area (Å²) in [6, 6.07) is 26.0. The minimum atomic E-state index is -0.232. The number of halogens is 1. The van der Waals surface area contributed by atoms with Crippen LogP contribution in [0.5, 0.6) is 5.75 Å². The summed E-state index contributed by atoms with van der Waals surface area (Å²) in [6.45, 7) is 2.59. The van der Waals surface area contributed by atoms with E-state index in [1.54, 1.807) is 0 Å². The van der Waals surface area contributed by atoms with Gasteiger partial charge in [-0.25, -0.2) is 0 Å². The van der Waals surface area contributed by atoms with E-state index < -0.39 is 0 Å². The number of alkyl halides is 1. The van der Waals surface area contributed by atoms with E-state index in [1.807, 2.05) is 12.1 Å². The van der Waals surface area contributed by atoms with Gasteiger partial charge in [-0.05, 0) is 71.7 Å². The number of anilines is 1. The van der Waals surface area contributed by atoms with Crippen LogP contribution in [0, 0.1) is 0 Å². The van der Waals surface area contributed by atoms with Crippen molar-refractivity contribution in [3.63, 3.8) is 0 Å². The smallest absolute Gasteiger partial charge is 0.115 e. The topological polar surface area (TPSA) is 35.5 Å². The zero-order valence-electron chi connectivity index (χ0n) is 18.4. The molecule has 5 rings (SSSR count). The van der Waals surface area contributed by atoms with Crippen LogP contribution in [0.4, 0.5) is 10.1 Å². The van der Waals surface area contributed by atoms with Crippen molar-refractivity contribution in [3.8, 4) is 5.75 Å². The fourth-order valence-electron chi connectivity index (χ4n) is 5.43. The minimum absolute atomic E-state index is 0.232. The maximum Gasteiger partial charge on any atom is 0.115 e. The van der Waals surface area contributed by atoms with Gasteiger partial charge in [0.15, 0.2) is 0 Å². The van der Waals surface area contributed by atoms with Crippen LogP contribution in [0.3, 0.4) is 0 Å². The number of nitrogens with zero attached hydrogens (tertiary/aromatic N) is 1. The average molecular weight is 431 g/mol. The van der Waals surface area contributed by atoms with Crippen molar-refractivity contribution in [1.82, 2.24) is 4.90 Å². The van der Waals surface area contributed by atoms with E-state index in [-0.39, 0.29) is 12.6 Å². The molecule has 0 unspecified atom stereocenters. The number of aryl methyl sites for hydroxylation is 1. The first-order valence-corrected chi connectivity index (χ1v) is 11.7. The first-order chi connectivity index (χ1) is 15.7. The molecule has 1 heterocycles. The Balaban J connectivity index is 1.36. The largest absolute Gasteiger partial charge is 0.508 e. The van der Waals surface area contributed by atoms with E-state index in [0.29, 0.717) is 24.1 Å². The Morgan fingerprint density at radius 3 is 2.47 bits per heavy atom. The van der Waals surface area contributed by atoms with Crippen LogP contribution in [0.1, 0.15) is 46.9 Å². The molecule has 0 radical (unpaired) electrons. The summed E-state index contributed by atoms with van der Waals surface area (Å²) < 4.78 is 12.3. The molecule has 2 atom stereocenters. The van der Waals surface area contributed by atoms with Crippen molar-refractivity contribution < 1.29 is 9.50 Å². The molecule has 4 heteroatoms. The van der Waals surface area contributed by atoms with Gasteiger partial charge in [0.05, 0.1) is 12.7 Å². The van der Waals surface area contributed by atoms with Gasteiger partial charge in [0, 0.05) is 31.2 Å². The van der Waals surface area contributed by atoms with Gasteiger partial charge in [0.2, 0.25) is 0 Å². The fraction of sp³-hybridized carbons (Fsp3) is 0.357. The molecular weight excluding hydrogens is 399 g/mol. The highest BCUT2D eigenvalue weighted by molar-refractivity contribution is 5.51. The number of nitrogens with one attached hydrogen (secondary N) is 1. The van der Waals surface area contributed by atoms with Crippen LogP contribution in [-0.2, 0) is 6.42 Å². The second-order valence-corrected chi connectivity index (χ2v) is 9.18. The van der Waals surface area contributed by atoms with E-state index in [4.69, 9.17) is 0 Å². The first-order valence-electron chi connectivity index (χ1n) is 11.7. The Labute approximate surface area is 189 Å². The number of fused-ring (bicyclic) bond motifs is 1. The average Bonchev–Trinajstić information content (AvgIpc) is 2.80. The second-order valence-electron chi connectivity index (χ2n) is 9.18. The molecule has 2 N–H and O–H groups in total. The highest BCUT2D eigenvalue weighted by atomic mass is 19.1. The zero-order chi connectivity index (χ0) is 21.9. The third-order valence-corrected chi connectivity index (χ3v) is 7.02. The van der Waals surface area contributed by atoms with Crippen LogP contribution >= 0.6 is 0 Å². The summed E-state index contributed by atoms with van der Waals surface area (Å²) in [5, 5.41) is 13.6. The minimum Gasteiger partial charge on any atom is -0.508 e. The molecule has 2 aliphatic rings. The normalized spacial score (nSPS) is 21.0. The molecule has 0 aromatic heterocycles. The summed E-state index contributed by atoms with van der Waals surface area (Å²) in [7, 11) is 0. The molecule has 1 aliphatic carbocycles. The van der Waals surface area contributed by atoms with Gasteiger partial charge in [-0.15, -0.1) is 0 Å². The third-order valence-electron chi connectivity index (χ3n) is 7.02. The van der Waals surface area contributed by atoms with E-state index in [1.165, 1.54) is 22.3 Å². The van der Waals surface area contributed by atoms with E-state index in [9.17, 15) is 9.50 Å². The lowest BCUT2D eigenvalue weighted by atomic mass is 9.69. The molecule has 0 bridgehead atoms. The number of phenols is 1. The summed E-state index contributed by atoms with van der Waals surface area (Å²) in [5.74, 6) is 1.04. The number of likely N-dealkylation sites (tertiary alicyclic amines) is 1. The van der Waals surface area contributed by atoms with Crippen molar-refractivity contribution in [2.24, 2.45) is 0 Å². The lowest BCUT2D eigenvalue weighted by molar-refractivity contribution is 0.155. The van der Waals surface area contributed by atoms with Gasteiger partial charge in [0.25, 0.3) is 0 Å². The van der Waals surface area contributed by atoms with Crippen LogP contribution in [-0.4, -0.2) is 42.4 Å². The summed E-state index contributed by atoms with van der Waals surface area (Å²) in [6.07, 6.45) is 2.69. The fourth-order valence-corrected chi connectivity index (χ4v) is 5.43. The van der Waals surface area contributed by atoms with E-state index >= 15 is 0 Å².